The minimum Gasteiger partial charge on any atom is -0.488 e. The van der Waals surface area contributed by atoms with Gasteiger partial charge < -0.3 is 14.5 Å². The lowest BCUT2D eigenvalue weighted by atomic mass is 10.0. The highest BCUT2D eigenvalue weighted by molar-refractivity contribution is 6.14. The topological polar surface area (TPSA) is 53.9 Å². The molecule has 0 atom stereocenters. The van der Waals surface area contributed by atoms with Gasteiger partial charge in [0.15, 0.2) is 0 Å². The van der Waals surface area contributed by atoms with Crippen molar-refractivity contribution < 1.29 is 4.74 Å². The molecule has 29 heavy (non-hydrogen) atoms. The molecule has 0 radical (unpaired) electrons. The molecule has 150 valence electrons. The molecule has 1 aliphatic carbocycles. The van der Waals surface area contributed by atoms with E-state index < -0.39 is 0 Å². The summed E-state index contributed by atoms with van der Waals surface area (Å²) in [7, 11) is 0. The lowest BCUT2D eigenvalue weighted by Gasteiger charge is -2.32. The standard InChI is InChI=1S/C23H27N5O/c1-23(6-7-23)29-18-3-2-16-14-24-22(19(16)12-18)20-13-21(26-15-25-20)28-11-10-27-8-4-17(28)5-9-27/h2-3,12-13,15,17H,4-11,14H2,1H3. The number of aliphatic imine (C=N–C) groups is 1. The summed E-state index contributed by atoms with van der Waals surface area (Å²) in [4.78, 5) is 19.1. The lowest BCUT2D eigenvalue weighted by Crippen LogP contribution is -2.38. The first-order valence-corrected chi connectivity index (χ1v) is 10.9. The van der Waals surface area contributed by atoms with Gasteiger partial charge in [-0.15, -0.1) is 0 Å². The summed E-state index contributed by atoms with van der Waals surface area (Å²) in [5.74, 6) is 1.98. The van der Waals surface area contributed by atoms with Crippen LogP contribution in [0.3, 0.4) is 0 Å². The predicted molar refractivity (Wildman–Crippen MR) is 113 cm³/mol. The van der Waals surface area contributed by atoms with Gasteiger partial charge in [-0.25, -0.2) is 9.97 Å². The van der Waals surface area contributed by atoms with Gasteiger partial charge in [0.05, 0.1) is 18.0 Å². The van der Waals surface area contributed by atoms with Crippen molar-refractivity contribution >= 4 is 11.5 Å². The van der Waals surface area contributed by atoms with E-state index in [0.29, 0.717) is 12.6 Å². The fourth-order valence-electron chi connectivity index (χ4n) is 4.83. The van der Waals surface area contributed by atoms with Gasteiger partial charge in [0.25, 0.3) is 0 Å². The third-order valence-corrected chi connectivity index (χ3v) is 6.91. The molecule has 4 fully saturated rings. The largest absolute Gasteiger partial charge is 0.488 e. The van der Waals surface area contributed by atoms with E-state index in [-0.39, 0.29) is 5.60 Å². The summed E-state index contributed by atoms with van der Waals surface area (Å²) in [5, 5.41) is 0. The van der Waals surface area contributed by atoms with Crippen LogP contribution in [0.1, 0.15) is 49.4 Å². The second-order valence-electron chi connectivity index (χ2n) is 9.06. The van der Waals surface area contributed by atoms with Gasteiger partial charge >= 0.3 is 0 Å². The van der Waals surface area contributed by atoms with Crippen LogP contribution in [-0.4, -0.2) is 58.4 Å². The molecule has 6 nitrogen and oxygen atoms in total. The van der Waals surface area contributed by atoms with Crippen molar-refractivity contribution in [3.05, 3.63) is 47.4 Å². The zero-order valence-electron chi connectivity index (χ0n) is 17.0. The minimum atomic E-state index is 0.0220. The molecule has 2 bridgehead atoms. The number of ether oxygens (including phenoxy) is 1. The number of nitrogens with zero attached hydrogens (tertiary/aromatic N) is 5. The molecule has 1 aromatic carbocycles. The predicted octanol–water partition coefficient (Wildman–Crippen LogP) is 3.04. The summed E-state index contributed by atoms with van der Waals surface area (Å²) in [6.07, 6.45) is 6.42. The van der Waals surface area contributed by atoms with Gasteiger partial charge in [0, 0.05) is 43.9 Å². The second kappa shape index (κ2) is 6.52. The normalized spacial score (nSPS) is 26.7. The van der Waals surface area contributed by atoms with E-state index in [0.717, 1.165) is 54.5 Å². The van der Waals surface area contributed by atoms with Gasteiger partial charge in [-0.1, -0.05) is 6.07 Å². The summed E-state index contributed by atoms with van der Waals surface area (Å²) in [5.41, 5.74) is 4.31. The van der Waals surface area contributed by atoms with Crippen LogP contribution in [0.5, 0.6) is 5.75 Å². The van der Waals surface area contributed by atoms with E-state index in [1.165, 1.54) is 31.5 Å². The average Bonchev–Trinajstić information content (AvgIpc) is 3.43. The van der Waals surface area contributed by atoms with Crippen molar-refractivity contribution in [2.45, 2.75) is 50.8 Å². The highest BCUT2D eigenvalue weighted by atomic mass is 16.5. The summed E-state index contributed by atoms with van der Waals surface area (Å²) >= 11 is 0. The van der Waals surface area contributed by atoms with Crippen molar-refractivity contribution in [2.75, 3.05) is 31.1 Å². The summed E-state index contributed by atoms with van der Waals surface area (Å²) < 4.78 is 6.19. The first-order valence-electron chi connectivity index (χ1n) is 10.9. The first kappa shape index (κ1) is 17.4. The minimum absolute atomic E-state index is 0.0220. The quantitative estimate of drug-likeness (QED) is 0.805. The Hall–Kier alpha value is -2.47. The van der Waals surface area contributed by atoms with Gasteiger partial charge in [-0.2, -0.15) is 0 Å². The van der Waals surface area contributed by atoms with E-state index in [4.69, 9.17) is 9.73 Å². The highest BCUT2D eigenvalue weighted by Gasteiger charge is 2.40. The van der Waals surface area contributed by atoms with Gasteiger partial charge in [0.2, 0.25) is 0 Å². The Labute approximate surface area is 171 Å². The first-order chi connectivity index (χ1) is 14.2. The van der Waals surface area contributed by atoms with Crippen molar-refractivity contribution in [1.82, 2.24) is 14.9 Å². The molecule has 5 aliphatic rings. The monoisotopic (exact) mass is 389 g/mol. The Morgan fingerprint density at radius 3 is 2.72 bits per heavy atom. The molecular weight excluding hydrogens is 362 g/mol. The molecular formula is C23H27N5O. The molecule has 0 spiro atoms. The van der Waals surface area contributed by atoms with Gasteiger partial charge in [-0.3, -0.25) is 4.99 Å². The van der Waals surface area contributed by atoms with E-state index in [2.05, 4.69) is 51.0 Å². The van der Waals surface area contributed by atoms with Crippen LogP contribution in [0.4, 0.5) is 5.82 Å². The Kier molecular flexibility index (Phi) is 3.91. The number of fused-ring (bicyclic) bond motifs is 5. The fourth-order valence-corrected chi connectivity index (χ4v) is 4.83. The zero-order valence-corrected chi connectivity index (χ0v) is 17.0. The van der Waals surface area contributed by atoms with E-state index in [9.17, 15) is 0 Å². The Balaban J connectivity index is 1.30. The van der Waals surface area contributed by atoms with Gasteiger partial charge in [-0.05, 0) is 50.3 Å². The van der Waals surface area contributed by atoms with Crippen LogP contribution in [0.15, 0.2) is 35.6 Å². The molecule has 7 rings (SSSR count). The SMILES string of the molecule is CC1(Oc2ccc3c(c2)C(c2cc(N4CCN5CCC4CC5)ncn2)=NC3)CC1. The van der Waals surface area contributed by atoms with Crippen LogP contribution < -0.4 is 9.64 Å². The summed E-state index contributed by atoms with van der Waals surface area (Å²) in [6.45, 7) is 7.47. The molecule has 3 saturated heterocycles. The van der Waals surface area contributed by atoms with Gasteiger partial charge in [0.1, 0.15) is 23.5 Å². The number of hydrogen-bond donors (Lipinski definition) is 0. The van der Waals surface area contributed by atoms with Crippen LogP contribution in [0, 0.1) is 0 Å². The lowest BCUT2D eigenvalue weighted by molar-refractivity contribution is 0.200. The Morgan fingerprint density at radius 1 is 1.03 bits per heavy atom. The number of anilines is 1. The number of hydrogen-bond acceptors (Lipinski definition) is 6. The Morgan fingerprint density at radius 2 is 1.90 bits per heavy atom. The highest BCUT2D eigenvalue weighted by Crippen LogP contribution is 2.40. The maximum atomic E-state index is 6.19. The molecule has 1 aromatic heterocycles. The third-order valence-electron chi connectivity index (χ3n) is 6.91. The molecule has 0 N–H and O–H groups in total. The average molecular weight is 390 g/mol. The number of piperidine rings is 1. The fraction of sp³-hybridized carbons (Fsp3) is 0.522. The third kappa shape index (κ3) is 3.19. The van der Waals surface area contributed by atoms with Crippen LogP contribution in [-0.2, 0) is 6.54 Å². The molecule has 2 aromatic rings. The van der Waals surface area contributed by atoms with Crippen LogP contribution in [0.25, 0.3) is 0 Å². The van der Waals surface area contributed by atoms with Crippen LogP contribution >= 0.6 is 0 Å². The van der Waals surface area contributed by atoms with Crippen molar-refractivity contribution in [3.8, 4) is 5.75 Å². The molecule has 1 saturated carbocycles. The maximum Gasteiger partial charge on any atom is 0.132 e. The van der Waals surface area contributed by atoms with Crippen molar-refractivity contribution in [2.24, 2.45) is 4.99 Å². The molecule has 0 unspecified atom stereocenters. The zero-order chi connectivity index (χ0) is 19.4. The summed E-state index contributed by atoms with van der Waals surface area (Å²) in [6, 6.07) is 9.10. The molecule has 4 aliphatic heterocycles. The number of rotatable bonds is 4. The molecule has 5 heterocycles. The van der Waals surface area contributed by atoms with Crippen LogP contribution in [0.2, 0.25) is 0 Å². The maximum absolute atomic E-state index is 6.19. The Bertz CT molecular complexity index is 975. The smallest absolute Gasteiger partial charge is 0.132 e. The number of benzene rings is 1. The van der Waals surface area contributed by atoms with Crippen molar-refractivity contribution in [3.63, 3.8) is 0 Å². The molecule has 6 heteroatoms. The van der Waals surface area contributed by atoms with E-state index >= 15 is 0 Å². The second-order valence-corrected chi connectivity index (χ2v) is 9.06. The van der Waals surface area contributed by atoms with E-state index in [1.807, 2.05) is 0 Å². The molecule has 0 amide bonds. The van der Waals surface area contributed by atoms with E-state index in [1.54, 1.807) is 6.33 Å². The van der Waals surface area contributed by atoms with Crippen molar-refractivity contribution in [1.29, 1.82) is 0 Å². The number of aromatic nitrogens is 2.